The molecule has 2 aliphatic carbocycles. The van der Waals surface area contributed by atoms with Crippen molar-refractivity contribution in [3.05, 3.63) is 41.9 Å². The molecule has 3 aliphatic rings. The molecular formula is C28H37N7O4S. The fourth-order valence-corrected chi connectivity index (χ4v) is 6.99. The highest BCUT2D eigenvalue weighted by atomic mass is 32.2. The zero-order valence-corrected chi connectivity index (χ0v) is 24.3. The van der Waals surface area contributed by atoms with Crippen LogP contribution in [0.3, 0.4) is 0 Å². The average molecular weight is 568 g/mol. The van der Waals surface area contributed by atoms with Crippen molar-refractivity contribution in [1.29, 1.82) is 0 Å². The number of nitrogens with one attached hydrogen (secondary N) is 1. The maximum atomic E-state index is 13.4. The van der Waals surface area contributed by atoms with Gasteiger partial charge in [-0.2, -0.15) is 5.10 Å². The SMILES string of the molecule is Cc1c(S(=O)(=O)NC(=O)c2ccc(-n3ccc(OCC(C4CC4)C4CC4)n3)nc2N2CCCC2(C)C)cnn1C. The maximum absolute atomic E-state index is 13.4. The Bertz CT molecular complexity index is 1520. The number of sulfonamides is 1. The summed E-state index contributed by atoms with van der Waals surface area (Å²) in [4.78, 5) is 20.3. The van der Waals surface area contributed by atoms with Crippen LogP contribution >= 0.6 is 0 Å². The van der Waals surface area contributed by atoms with Gasteiger partial charge in [-0.15, -0.1) is 5.10 Å². The van der Waals surface area contributed by atoms with Gasteiger partial charge in [-0.25, -0.2) is 22.8 Å². The van der Waals surface area contributed by atoms with Gasteiger partial charge in [0.25, 0.3) is 15.9 Å². The van der Waals surface area contributed by atoms with Crippen molar-refractivity contribution in [2.24, 2.45) is 24.8 Å². The molecular weight excluding hydrogens is 530 g/mol. The van der Waals surface area contributed by atoms with Gasteiger partial charge in [0.1, 0.15) is 10.7 Å². The van der Waals surface area contributed by atoms with Crippen LogP contribution in [0.25, 0.3) is 5.82 Å². The number of hydrogen-bond acceptors (Lipinski definition) is 8. The Morgan fingerprint density at radius 2 is 1.90 bits per heavy atom. The second-order valence-electron chi connectivity index (χ2n) is 12.0. The molecule has 11 nitrogen and oxygen atoms in total. The van der Waals surface area contributed by atoms with E-state index in [2.05, 4.69) is 33.7 Å². The third kappa shape index (κ3) is 5.21. The average Bonchev–Trinajstić information content (AvgIpc) is 3.81. The van der Waals surface area contributed by atoms with E-state index in [-0.39, 0.29) is 16.0 Å². The quantitative estimate of drug-likeness (QED) is 0.394. The number of aryl methyl sites for hydroxylation is 1. The first kappa shape index (κ1) is 26.8. The number of carbonyl (C=O) groups is 1. The summed E-state index contributed by atoms with van der Waals surface area (Å²) < 4.78 is 37.5. The van der Waals surface area contributed by atoms with Crippen molar-refractivity contribution in [3.8, 4) is 11.7 Å². The van der Waals surface area contributed by atoms with E-state index >= 15 is 0 Å². The first-order valence-electron chi connectivity index (χ1n) is 14.1. The smallest absolute Gasteiger partial charge is 0.268 e. The van der Waals surface area contributed by atoms with Gasteiger partial charge in [0.15, 0.2) is 5.82 Å². The van der Waals surface area contributed by atoms with E-state index in [1.807, 2.05) is 6.07 Å². The van der Waals surface area contributed by atoms with Gasteiger partial charge in [0.2, 0.25) is 5.88 Å². The predicted molar refractivity (Wildman–Crippen MR) is 149 cm³/mol. The molecule has 3 aromatic rings. The second-order valence-corrected chi connectivity index (χ2v) is 13.7. The summed E-state index contributed by atoms with van der Waals surface area (Å²) in [5.74, 6) is 2.98. The lowest BCUT2D eigenvalue weighted by Gasteiger charge is -2.34. The van der Waals surface area contributed by atoms with Crippen molar-refractivity contribution in [2.45, 2.75) is 69.7 Å². The number of ether oxygens (including phenoxy) is 1. The fraction of sp³-hybridized carbons (Fsp3) is 0.571. The van der Waals surface area contributed by atoms with E-state index in [0.29, 0.717) is 42.3 Å². The van der Waals surface area contributed by atoms with Crippen molar-refractivity contribution in [2.75, 3.05) is 18.1 Å². The Morgan fingerprint density at radius 3 is 2.50 bits per heavy atom. The minimum atomic E-state index is -4.13. The molecule has 0 radical (unpaired) electrons. The Balaban J connectivity index is 1.27. The lowest BCUT2D eigenvalue weighted by molar-refractivity contribution is 0.0981. The van der Waals surface area contributed by atoms with Gasteiger partial charge in [-0.1, -0.05) is 0 Å². The summed E-state index contributed by atoms with van der Waals surface area (Å²) in [7, 11) is -2.48. The van der Waals surface area contributed by atoms with Gasteiger partial charge in [0.05, 0.1) is 24.1 Å². The van der Waals surface area contributed by atoms with Crippen molar-refractivity contribution < 1.29 is 17.9 Å². The first-order valence-corrected chi connectivity index (χ1v) is 15.5. The summed E-state index contributed by atoms with van der Waals surface area (Å²) in [5, 5.41) is 8.61. The molecule has 0 spiro atoms. The Morgan fingerprint density at radius 1 is 1.18 bits per heavy atom. The molecule has 1 aliphatic heterocycles. The Kier molecular flexibility index (Phi) is 6.63. The number of nitrogens with zero attached hydrogens (tertiary/aromatic N) is 6. The maximum Gasteiger partial charge on any atom is 0.268 e. The molecule has 12 heteroatoms. The molecule has 214 valence electrons. The second kappa shape index (κ2) is 9.90. The largest absolute Gasteiger partial charge is 0.476 e. The molecule has 3 aromatic heterocycles. The van der Waals surface area contributed by atoms with E-state index < -0.39 is 15.9 Å². The van der Waals surface area contributed by atoms with E-state index in [1.165, 1.54) is 36.6 Å². The zero-order chi connectivity index (χ0) is 28.2. The van der Waals surface area contributed by atoms with Crippen LogP contribution in [-0.4, -0.2) is 57.6 Å². The zero-order valence-electron chi connectivity index (χ0n) is 23.5. The lowest BCUT2D eigenvalue weighted by atomic mass is 9.99. The Hall–Kier alpha value is -3.41. The van der Waals surface area contributed by atoms with Crippen LogP contribution in [0.15, 0.2) is 35.5 Å². The molecule has 1 N–H and O–H groups in total. The topological polar surface area (TPSA) is 124 Å². The number of hydrogen-bond donors (Lipinski definition) is 1. The Labute approximate surface area is 235 Å². The fourth-order valence-electron chi connectivity index (χ4n) is 5.82. The number of anilines is 1. The summed E-state index contributed by atoms with van der Waals surface area (Å²) >= 11 is 0. The molecule has 0 bridgehead atoms. The van der Waals surface area contributed by atoms with Gasteiger partial charge >= 0.3 is 0 Å². The first-order chi connectivity index (χ1) is 19.0. The van der Waals surface area contributed by atoms with Crippen LogP contribution in [0.2, 0.25) is 0 Å². The lowest BCUT2D eigenvalue weighted by Crippen LogP contribution is -2.41. The molecule has 3 fully saturated rings. The third-order valence-corrected chi connectivity index (χ3v) is 10.1. The molecule has 40 heavy (non-hydrogen) atoms. The summed E-state index contributed by atoms with van der Waals surface area (Å²) in [6.07, 6.45) is 10.1. The summed E-state index contributed by atoms with van der Waals surface area (Å²) in [5.41, 5.74) is 0.370. The van der Waals surface area contributed by atoms with Gasteiger partial charge in [-0.3, -0.25) is 9.48 Å². The van der Waals surface area contributed by atoms with E-state index in [0.717, 1.165) is 24.7 Å². The number of pyridine rings is 1. The molecule has 1 saturated heterocycles. The molecule has 1 amide bonds. The predicted octanol–water partition coefficient (Wildman–Crippen LogP) is 3.62. The normalized spacial score (nSPS) is 18.9. The minimum absolute atomic E-state index is 0.0364. The van der Waals surface area contributed by atoms with Crippen LogP contribution in [-0.2, 0) is 17.1 Å². The van der Waals surface area contributed by atoms with Crippen LogP contribution in [0.5, 0.6) is 5.88 Å². The number of rotatable bonds is 10. The number of amides is 1. The molecule has 0 unspecified atom stereocenters. The van der Waals surface area contributed by atoms with E-state index in [1.54, 1.807) is 37.0 Å². The monoisotopic (exact) mass is 567 g/mol. The van der Waals surface area contributed by atoms with Crippen LogP contribution in [0, 0.1) is 24.7 Å². The molecule has 2 saturated carbocycles. The molecule has 0 atom stereocenters. The van der Waals surface area contributed by atoms with Gasteiger partial charge < -0.3 is 9.64 Å². The third-order valence-electron chi connectivity index (χ3n) is 8.65. The highest BCUT2D eigenvalue weighted by Crippen LogP contribution is 2.49. The van der Waals surface area contributed by atoms with Crippen molar-refractivity contribution >= 4 is 21.7 Å². The van der Waals surface area contributed by atoms with Crippen LogP contribution in [0.4, 0.5) is 5.82 Å². The molecule has 0 aromatic carbocycles. The van der Waals surface area contributed by atoms with Crippen molar-refractivity contribution in [1.82, 2.24) is 29.3 Å². The minimum Gasteiger partial charge on any atom is -0.476 e. The highest BCUT2D eigenvalue weighted by molar-refractivity contribution is 7.90. The standard InChI is InChI=1S/C28H37N7O4S/c1-18-23(16-29-33(18)4)40(37,38)32-27(36)21-10-11-24(30-26(21)34-14-5-13-28(34,2)3)35-15-12-25(31-35)39-17-22(19-6-7-19)20-8-9-20/h10-12,15-16,19-20,22H,5-9,13-14,17H2,1-4H3,(H,32,36). The summed E-state index contributed by atoms with van der Waals surface area (Å²) in [6, 6.07) is 5.13. The van der Waals surface area contributed by atoms with Gasteiger partial charge in [-0.05, 0) is 89.2 Å². The van der Waals surface area contributed by atoms with E-state index in [4.69, 9.17) is 9.72 Å². The van der Waals surface area contributed by atoms with Crippen LogP contribution < -0.4 is 14.4 Å². The van der Waals surface area contributed by atoms with E-state index in [9.17, 15) is 13.2 Å². The molecule has 4 heterocycles. The molecule has 6 rings (SSSR count). The summed E-state index contributed by atoms with van der Waals surface area (Å²) in [6.45, 7) is 7.23. The number of carbonyl (C=O) groups excluding carboxylic acids is 1. The van der Waals surface area contributed by atoms with Crippen molar-refractivity contribution in [3.63, 3.8) is 0 Å². The van der Waals surface area contributed by atoms with Crippen LogP contribution in [0.1, 0.15) is 68.4 Å². The van der Waals surface area contributed by atoms with Gasteiger partial charge in [0, 0.05) is 31.4 Å². The number of aromatic nitrogens is 5. The highest BCUT2D eigenvalue weighted by Gasteiger charge is 2.42.